The maximum Gasteiger partial charge on any atom is 0.419 e. The normalized spacial score (nSPS) is 11.9. The van der Waals surface area contributed by atoms with Gasteiger partial charge in [-0.05, 0) is 6.07 Å². The Labute approximate surface area is 113 Å². The van der Waals surface area contributed by atoms with E-state index in [2.05, 4.69) is 4.74 Å². The van der Waals surface area contributed by atoms with Gasteiger partial charge in [-0.15, -0.1) is 11.3 Å². The summed E-state index contributed by atoms with van der Waals surface area (Å²) >= 11 is 6.36. The smallest absolute Gasteiger partial charge is 0.419 e. The summed E-state index contributed by atoms with van der Waals surface area (Å²) in [6.45, 7) is 0. The quantitative estimate of drug-likeness (QED) is 0.572. The van der Waals surface area contributed by atoms with Crippen LogP contribution in [0.1, 0.15) is 15.2 Å². The summed E-state index contributed by atoms with van der Waals surface area (Å²) in [6, 6.07) is 1.63. The Morgan fingerprint density at radius 1 is 1.37 bits per heavy atom. The first kappa shape index (κ1) is 14.1. The van der Waals surface area contributed by atoms with Gasteiger partial charge in [0.25, 0.3) is 0 Å². The van der Waals surface area contributed by atoms with Gasteiger partial charge < -0.3 is 4.74 Å². The number of methoxy groups -OCH3 is 1. The molecule has 0 bridgehead atoms. The summed E-state index contributed by atoms with van der Waals surface area (Å²) in [7, 11) is 1.10. The minimum atomic E-state index is -4.81. The van der Waals surface area contributed by atoms with Gasteiger partial charge in [0, 0.05) is 5.39 Å². The van der Waals surface area contributed by atoms with E-state index in [1.165, 1.54) is 0 Å². The molecule has 1 aromatic heterocycles. The van der Waals surface area contributed by atoms with Crippen molar-refractivity contribution in [1.29, 1.82) is 0 Å². The summed E-state index contributed by atoms with van der Waals surface area (Å²) in [5, 5.41) is -0.0583. The molecule has 0 saturated heterocycles. The zero-order valence-electron chi connectivity index (χ0n) is 9.27. The van der Waals surface area contributed by atoms with Gasteiger partial charge in [0.2, 0.25) is 0 Å². The molecule has 1 heterocycles. The zero-order chi connectivity index (χ0) is 14.4. The summed E-state index contributed by atoms with van der Waals surface area (Å²) in [6.07, 6.45) is -4.81. The third kappa shape index (κ3) is 2.28. The van der Waals surface area contributed by atoms with Crippen molar-refractivity contribution in [1.82, 2.24) is 0 Å². The molecule has 0 unspecified atom stereocenters. The lowest BCUT2D eigenvalue weighted by Gasteiger charge is -2.07. The number of benzene rings is 1. The van der Waals surface area contributed by atoms with Crippen LogP contribution in [0.4, 0.5) is 17.6 Å². The van der Waals surface area contributed by atoms with Gasteiger partial charge in [-0.1, -0.05) is 17.7 Å². The van der Waals surface area contributed by atoms with Crippen molar-refractivity contribution in [2.24, 2.45) is 0 Å². The molecule has 8 heteroatoms. The maximum atomic E-state index is 13.8. The Morgan fingerprint density at radius 3 is 2.53 bits per heavy atom. The number of alkyl halides is 3. The van der Waals surface area contributed by atoms with E-state index < -0.39 is 23.5 Å². The van der Waals surface area contributed by atoms with Gasteiger partial charge in [0.05, 0.1) is 22.4 Å². The van der Waals surface area contributed by atoms with Crippen molar-refractivity contribution in [2.45, 2.75) is 6.18 Å². The summed E-state index contributed by atoms with van der Waals surface area (Å²) < 4.78 is 55.6. The van der Waals surface area contributed by atoms with Crippen molar-refractivity contribution in [3.8, 4) is 0 Å². The Hall–Kier alpha value is -1.34. The van der Waals surface area contributed by atoms with Crippen molar-refractivity contribution in [3.63, 3.8) is 0 Å². The number of carbonyl (C=O) groups is 1. The number of ether oxygens (including phenoxy) is 1. The minimum Gasteiger partial charge on any atom is -0.465 e. The number of carbonyl (C=O) groups excluding carboxylic acids is 1. The van der Waals surface area contributed by atoms with Crippen LogP contribution in [0.2, 0.25) is 5.02 Å². The molecule has 0 aliphatic carbocycles. The second-order valence-corrected chi connectivity index (χ2v) is 4.94. The third-order valence-electron chi connectivity index (χ3n) is 2.41. The lowest BCUT2D eigenvalue weighted by atomic mass is 10.1. The van der Waals surface area contributed by atoms with Crippen LogP contribution in [0.5, 0.6) is 0 Å². The molecule has 0 atom stereocenters. The van der Waals surface area contributed by atoms with Crippen molar-refractivity contribution in [2.75, 3.05) is 7.11 Å². The van der Waals surface area contributed by atoms with Crippen LogP contribution >= 0.6 is 22.9 Å². The van der Waals surface area contributed by atoms with Crippen LogP contribution in [0.3, 0.4) is 0 Å². The average Bonchev–Trinajstić information content (AvgIpc) is 2.66. The molecule has 102 valence electrons. The molecule has 2 nitrogen and oxygen atoms in total. The van der Waals surface area contributed by atoms with Crippen molar-refractivity contribution < 1.29 is 27.1 Å². The first-order chi connectivity index (χ1) is 8.77. The monoisotopic (exact) mass is 312 g/mol. The highest BCUT2D eigenvalue weighted by molar-refractivity contribution is 7.21. The number of hydrogen-bond donors (Lipinski definition) is 0. The molecular formula is C11H5ClF4O2S. The minimum absolute atomic E-state index is 0.0533. The topological polar surface area (TPSA) is 26.3 Å². The summed E-state index contributed by atoms with van der Waals surface area (Å²) in [5.41, 5.74) is -1.39. The van der Waals surface area contributed by atoms with Crippen LogP contribution in [-0.4, -0.2) is 13.1 Å². The Balaban J connectivity index is 2.75. The van der Waals surface area contributed by atoms with Gasteiger partial charge in [-0.2, -0.15) is 13.2 Å². The SMILES string of the molecule is COC(=O)c1sc2c(F)c(C(F)(F)F)ccc2c1Cl. The van der Waals surface area contributed by atoms with Crippen molar-refractivity contribution >= 4 is 39.0 Å². The zero-order valence-corrected chi connectivity index (χ0v) is 10.8. The van der Waals surface area contributed by atoms with Crippen LogP contribution in [0.15, 0.2) is 12.1 Å². The van der Waals surface area contributed by atoms with Crippen LogP contribution in [0, 0.1) is 5.82 Å². The number of halogens is 5. The molecule has 0 amide bonds. The highest BCUT2D eigenvalue weighted by Crippen LogP contribution is 2.41. The maximum absolute atomic E-state index is 13.8. The van der Waals surface area contributed by atoms with Crippen LogP contribution in [-0.2, 0) is 10.9 Å². The number of rotatable bonds is 1. The third-order valence-corrected chi connectivity index (χ3v) is 4.10. The molecule has 1 aromatic carbocycles. The molecule has 0 radical (unpaired) electrons. The van der Waals surface area contributed by atoms with E-state index in [0.29, 0.717) is 17.4 Å². The van der Waals surface area contributed by atoms with E-state index in [1.807, 2.05) is 0 Å². The van der Waals surface area contributed by atoms with Gasteiger partial charge in [0.1, 0.15) is 4.88 Å². The summed E-state index contributed by atoms with van der Waals surface area (Å²) in [4.78, 5) is 11.2. The summed E-state index contributed by atoms with van der Waals surface area (Å²) in [5.74, 6) is -2.26. The molecule has 0 saturated carbocycles. The highest BCUT2D eigenvalue weighted by atomic mass is 35.5. The fourth-order valence-corrected chi connectivity index (χ4v) is 3.00. The second kappa shape index (κ2) is 4.64. The molecule has 0 aliphatic rings. The molecule has 2 aromatic rings. The Kier molecular flexibility index (Phi) is 3.44. The van der Waals surface area contributed by atoms with E-state index in [-0.39, 0.29) is 20.0 Å². The molecule has 0 N–H and O–H groups in total. The van der Waals surface area contributed by atoms with E-state index in [4.69, 9.17) is 11.6 Å². The van der Waals surface area contributed by atoms with E-state index in [9.17, 15) is 22.4 Å². The number of thiophene rings is 1. The predicted molar refractivity (Wildman–Crippen MR) is 63.1 cm³/mol. The van der Waals surface area contributed by atoms with Crippen LogP contribution < -0.4 is 0 Å². The van der Waals surface area contributed by atoms with Gasteiger partial charge in [-0.25, -0.2) is 9.18 Å². The molecular weight excluding hydrogens is 308 g/mol. The highest BCUT2D eigenvalue weighted by Gasteiger charge is 2.35. The molecule has 0 fully saturated rings. The number of hydrogen-bond acceptors (Lipinski definition) is 3. The van der Waals surface area contributed by atoms with Gasteiger partial charge in [-0.3, -0.25) is 0 Å². The van der Waals surface area contributed by atoms with E-state index in [0.717, 1.165) is 13.2 Å². The second-order valence-electron chi connectivity index (χ2n) is 3.54. The van der Waals surface area contributed by atoms with Gasteiger partial charge >= 0.3 is 12.1 Å². The first-order valence-corrected chi connectivity index (χ1v) is 6.02. The van der Waals surface area contributed by atoms with Crippen molar-refractivity contribution in [3.05, 3.63) is 33.4 Å². The largest absolute Gasteiger partial charge is 0.465 e. The predicted octanol–water partition coefficient (Wildman–Crippen LogP) is 4.50. The Morgan fingerprint density at radius 2 is 2.00 bits per heavy atom. The fraction of sp³-hybridized carbons (Fsp3) is 0.182. The molecule has 0 spiro atoms. The van der Waals surface area contributed by atoms with E-state index >= 15 is 0 Å². The fourth-order valence-electron chi connectivity index (χ4n) is 1.54. The lowest BCUT2D eigenvalue weighted by molar-refractivity contribution is -0.139. The average molecular weight is 313 g/mol. The van der Waals surface area contributed by atoms with Gasteiger partial charge in [0.15, 0.2) is 5.82 Å². The molecule has 2 rings (SSSR count). The number of esters is 1. The Bertz CT molecular complexity index is 663. The lowest BCUT2D eigenvalue weighted by Crippen LogP contribution is -2.07. The standard InChI is InChI=1S/C11H5ClF4O2S/c1-18-10(17)9-6(12)4-2-3-5(11(14,15)16)7(13)8(4)19-9/h2-3H,1H3. The number of fused-ring (bicyclic) bond motifs is 1. The van der Waals surface area contributed by atoms with E-state index in [1.54, 1.807) is 0 Å². The molecule has 0 aliphatic heterocycles. The first-order valence-electron chi connectivity index (χ1n) is 4.83. The van der Waals surface area contributed by atoms with Crippen LogP contribution in [0.25, 0.3) is 10.1 Å². The molecule has 19 heavy (non-hydrogen) atoms.